The number of hydrogen-bond donors (Lipinski definition) is 3. The standard InChI is InChI=1S/C20H25N5O4S.C13H13NO.C7H12N4O3S/c1-24(2)19(26)16-11-17(22-25(16)3)30(28,29)23-20(27)21-18-14-8-4-6-12(14)10-13-7-5-9-15(13)18;14-8-15-13-11-5-1-3-9(11)7-10-4-2-6-12(10)13;1-10(2)7(12)5-4-6(9-11(5)3)15(8,13)14/h10-11H,4-9H2,1-3H3,(H2,21,23,27);7H,1-6H2;4H,1-3H3,(H2,8,13,14). The SMILES string of the molecule is CN(C)C(=O)c1cc(S(=O)(=O)NC(=O)Nc2c3c(cc4c2CCC4)CCC3)nn1C.CN(C)C(=O)c1cc(S(N)(=O)=O)nn1C.N#COc1c2c(cc3c1CCC3)CCC2. The van der Waals surface area contributed by atoms with E-state index in [2.05, 4.69) is 27.6 Å². The van der Waals surface area contributed by atoms with E-state index < -0.39 is 26.1 Å². The van der Waals surface area contributed by atoms with E-state index in [0.29, 0.717) is 0 Å². The van der Waals surface area contributed by atoms with Crippen LogP contribution in [0.4, 0.5) is 10.5 Å². The maximum Gasteiger partial charge on any atom is 0.333 e. The number of nitriles is 1. The van der Waals surface area contributed by atoms with Crippen LogP contribution in [-0.4, -0.2) is 92.2 Å². The molecule has 0 unspecified atom stereocenters. The number of rotatable bonds is 7. The zero-order valence-corrected chi connectivity index (χ0v) is 36.2. The number of fused-ring (bicyclic) bond motifs is 4. The number of anilines is 1. The highest BCUT2D eigenvalue weighted by Gasteiger charge is 2.29. The van der Waals surface area contributed by atoms with E-state index in [4.69, 9.17) is 15.1 Å². The molecule has 2 heterocycles. The van der Waals surface area contributed by atoms with E-state index in [1.807, 2.05) is 11.0 Å². The predicted molar refractivity (Wildman–Crippen MR) is 220 cm³/mol. The van der Waals surface area contributed by atoms with Crippen LogP contribution in [0.5, 0.6) is 5.75 Å². The first-order valence-electron chi connectivity index (χ1n) is 19.6. The minimum absolute atomic E-state index is 0.111. The van der Waals surface area contributed by atoms with Crippen LogP contribution in [0.3, 0.4) is 0 Å². The Labute approximate surface area is 349 Å². The molecular formula is C40H50N10O8S2. The van der Waals surface area contributed by atoms with Crippen LogP contribution in [0.2, 0.25) is 0 Å². The van der Waals surface area contributed by atoms with Gasteiger partial charge in [0, 0.05) is 60.1 Å². The van der Waals surface area contributed by atoms with Crippen molar-refractivity contribution in [1.82, 2.24) is 34.1 Å². The van der Waals surface area contributed by atoms with Gasteiger partial charge in [-0.2, -0.15) is 18.6 Å². The highest BCUT2D eigenvalue weighted by atomic mass is 32.2. The molecule has 320 valence electrons. The molecule has 2 aromatic carbocycles. The molecule has 0 atom stereocenters. The highest BCUT2D eigenvalue weighted by Crippen LogP contribution is 2.40. The Hall–Kier alpha value is -5.78. The Morgan fingerprint density at radius 2 is 1.08 bits per heavy atom. The van der Waals surface area contributed by atoms with Gasteiger partial charge in [0.15, 0.2) is 10.1 Å². The van der Waals surface area contributed by atoms with E-state index in [0.717, 1.165) is 98.9 Å². The van der Waals surface area contributed by atoms with Gasteiger partial charge in [-0.25, -0.2) is 23.1 Å². The molecule has 0 radical (unpaired) electrons. The van der Waals surface area contributed by atoms with Crippen molar-refractivity contribution in [2.75, 3.05) is 33.5 Å². The number of sulfonamides is 2. The lowest BCUT2D eigenvalue weighted by atomic mass is 9.99. The first-order valence-corrected chi connectivity index (χ1v) is 22.6. The number of primary sulfonamides is 1. The second kappa shape index (κ2) is 17.4. The number of aryl methyl sites for hydroxylation is 6. The molecule has 0 aliphatic heterocycles. The summed E-state index contributed by atoms with van der Waals surface area (Å²) in [7, 11) is 1.10. The Kier molecular flexibility index (Phi) is 12.7. The largest absolute Gasteiger partial charge is 0.387 e. The number of nitrogens with zero attached hydrogens (tertiary/aromatic N) is 7. The zero-order chi connectivity index (χ0) is 43.7. The molecule has 0 saturated carbocycles. The summed E-state index contributed by atoms with van der Waals surface area (Å²) < 4.78 is 56.9. The van der Waals surface area contributed by atoms with Gasteiger partial charge in [0.2, 0.25) is 0 Å². The van der Waals surface area contributed by atoms with Gasteiger partial charge >= 0.3 is 6.03 Å². The number of hydrogen-bond acceptors (Lipinski definition) is 11. The molecule has 4 aromatic rings. The Morgan fingerprint density at radius 1 is 0.683 bits per heavy atom. The van der Waals surface area contributed by atoms with Crippen molar-refractivity contribution in [3.8, 4) is 12.0 Å². The number of aromatic nitrogens is 4. The van der Waals surface area contributed by atoms with E-state index in [-0.39, 0.29) is 33.3 Å². The fraction of sp³-hybridized carbons (Fsp3) is 0.450. The molecular weight excluding hydrogens is 813 g/mol. The van der Waals surface area contributed by atoms with Crippen molar-refractivity contribution in [2.45, 2.75) is 87.1 Å². The van der Waals surface area contributed by atoms with Crippen LogP contribution in [0, 0.1) is 11.5 Å². The number of nitrogens with two attached hydrogens (primary N) is 1. The summed E-state index contributed by atoms with van der Waals surface area (Å²) in [4.78, 5) is 39.0. The summed E-state index contributed by atoms with van der Waals surface area (Å²) in [5.74, 6) is 0.186. The minimum atomic E-state index is -4.23. The summed E-state index contributed by atoms with van der Waals surface area (Å²) in [6, 6.07) is 6.07. The molecule has 4 amide bonds. The smallest absolute Gasteiger partial charge is 0.333 e. The average molecular weight is 863 g/mol. The number of carbonyl (C=O) groups excluding carboxylic acids is 3. The molecule has 8 rings (SSSR count). The van der Waals surface area contributed by atoms with Crippen LogP contribution in [0.25, 0.3) is 0 Å². The van der Waals surface area contributed by atoms with Crippen molar-refractivity contribution in [3.05, 3.63) is 80.2 Å². The van der Waals surface area contributed by atoms with Gasteiger partial charge in [0.25, 0.3) is 38.1 Å². The molecule has 2 aromatic heterocycles. The van der Waals surface area contributed by atoms with Gasteiger partial charge in [-0.1, -0.05) is 12.1 Å². The molecule has 0 fully saturated rings. The Morgan fingerprint density at radius 3 is 1.48 bits per heavy atom. The molecule has 0 spiro atoms. The van der Waals surface area contributed by atoms with Crippen molar-refractivity contribution >= 4 is 43.6 Å². The lowest BCUT2D eigenvalue weighted by Gasteiger charge is -2.16. The third-order valence-corrected chi connectivity index (χ3v) is 13.0. The van der Waals surface area contributed by atoms with Crippen molar-refractivity contribution in [1.29, 1.82) is 5.26 Å². The highest BCUT2D eigenvalue weighted by molar-refractivity contribution is 7.90. The van der Waals surface area contributed by atoms with Gasteiger partial charge in [-0.3, -0.25) is 19.0 Å². The van der Waals surface area contributed by atoms with E-state index in [1.165, 1.54) is 79.5 Å². The molecule has 4 N–H and O–H groups in total. The van der Waals surface area contributed by atoms with Gasteiger partial charge in [-0.05, 0) is 122 Å². The maximum atomic E-state index is 12.7. The molecule has 0 bridgehead atoms. The monoisotopic (exact) mass is 862 g/mol. The predicted octanol–water partition coefficient (Wildman–Crippen LogP) is 2.90. The summed E-state index contributed by atoms with van der Waals surface area (Å²) in [5.41, 5.74) is 11.2. The quantitative estimate of drug-likeness (QED) is 0.228. The number of nitrogens with one attached hydrogen (secondary N) is 2. The van der Waals surface area contributed by atoms with Crippen molar-refractivity contribution < 1.29 is 36.0 Å². The third kappa shape index (κ3) is 9.17. The fourth-order valence-corrected chi connectivity index (χ4v) is 9.63. The topological polar surface area (TPSA) is 245 Å². The lowest BCUT2D eigenvalue weighted by Crippen LogP contribution is -2.35. The molecule has 18 nitrogen and oxygen atoms in total. The fourth-order valence-electron chi connectivity index (χ4n) is 8.22. The second-order valence-electron chi connectivity index (χ2n) is 15.6. The van der Waals surface area contributed by atoms with E-state index in [1.54, 1.807) is 28.2 Å². The molecule has 60 heavy (non-hydrogen) atoms. The number of ether oxygens (including phenoxy) is 1. The van der Waals surface area contributed by atoms with E-state index in [9.17, 15) is 31.2 Å². The molecule has 4 aliphatic rings. The zero-order valence-electron chi connectivity index (χ0n) is 34.6. The molecule has 0 saturated heterocycles. The minimum Gasteiger partial charge on any atom is -0.387 e. The van der Waals surface area contributed by atoms with Crippen LogP contribution >= 0.6 is 0 Å². The first kappa shape index (κ1) is 43.8. The summed E-state index contributed by atoms with van der Waals surface area (Å²) in [6.07, 6.45) is 14.5. The summed E-state index contributed by atoms with van der Waals surface area (Å²) in [6.45, 7) is 0. The maximum absolute atomic E-state index is 12.7. The van der Waals surface area contributed by atoms with Gasteiger partial charge in [-0.15, -0.1) is 5.26 Å². The van der Waals surface area contributed by atoms with Crippen molar-refractivity contribution in [2.24, 2.45) is 19.2 Å². The number of carbonyl (C=O) groups is 3. The number of urea groups is 1. The average Bonchev–Trinajstić information content (AvgIpc) is 4.03. The summed E-state index contributed by atoms with van der Waals surface area (Å²) >= 11 is 0. The van der Waals surface area contributed by atoms with Gasteiger partial charge < -0.3 is 19.9 Å². The Bertz CT molecular complexity index is 2580. The Balaban J connectivity index is 0.000000168. The lowest BCUT2D eigenvalue weighted by molar-refractivity contribution is 0.0809. The first-order chi connectivity index (χ1) is 28.3. The summed E-state index contributed by atoms with van der Waals surface area (Å²) in [5, 5.41) is 23.2. The molecule has 4 aliphatic carbocycles. The van der Waals surface area contributed by atoms with Gasteiger partial charge in [0.1, 0.15) is 17.1 Å². The van der Waals surface area contributed by atoms with Crippen LogP contribution < -0.4 is 19.9 Å². The van der Waals surface area contributed by atoms with Crippen molar-refractivity contribution in [3.63, 3.8) is 0 Å². The third-order valence-electron chi connectivity index (χ3n) is 11.0. The van der Waals surface area contributed by atoms with Gasteiger partial charge in [0.05, 0.1) is 0 Å². The number of benzene rings is 2. The van der Waals surface area contributed by atoms with Crippen LogP contribution in [-0.2, 0) is 85.5 Å². The van der Waals surface area contributed by atoms with Crippen LogP contribution in [0.1, 0.15) is 91.2 Å². The normalized spacial score (nSPS) is 14.6. The second-order valence-corrected chi connectivity index (χ2v) is 18.7. The van der Waals surface area contributed by atoms with Crippen LogP contribution in [0.15, 0.2) is 34.3 Å². The number of amides is 4. The molecule has 20 heteroatoms. The van der Waals surface area contributed by atoms with E-state index >= 15 is 0 Å².